The maximum atomic E-state index is 13.4. The van der Waals surface area contributed by atoms with E-state index in [1.54, 1.807) is 0 Å². The smallest absolute Gasteiger partial charge is 0.233 e. The minimum Gasteiger partial charge on any atom is -0.356 e. The van der Waals surface area contributed by atoms with Crippen LogP contribution in [0.2, 0.25) is 0 Å². The van der Waals surface area contributed by atoms with Crippen LogP contribution < -0.4 is 10.0 Å². The molecule has 0 heterocycles. The van der Waals surface area contributed by atoms with Gasteiger partial charge in [-0.3, -0.25) is 9.52 Å². The van der Waals surface area contributed by atoms with Crippen LogP contribution in [0.25, 0.3) is 0 Å². The standard InChI is InChI=1S/C14H20F2N2O3S/c1-3-4-7-17-14(19)10(2)9-22(20,21)18-13-6-5-11(15)8-12(13)16/h5-6,8,10,18H,3-4,7,9H2,1-2H3,(H,17,19). The summed E-state index contributed by atoms with van der Waals surface area (Å²) in [5, 5.41) is 2.63. The monoisotopic (exact) mass is 334 g/mol. The molecule has 1 aromatic rings. The molecule has 0 saturated heterocycles. The first-order valence-corrected chi connectivity index (χ1v) is 8.63. The lowest BCUT2D eigenvalue weighted by molar-refractivity contribution is -0.123. The number of carbonyl (C=O) groups excluding carboxylic acids is 1. The fourth-order valence-electron chi connectivity index (χ4n) is 1.75. The van der Waals surface area contributed by atoms with E-state index in [4.69, 9.17) is 0 Å². The highest BCUT2D eigenvalue weighted by Crippen LogP contribution is 2.17. The summed E-state index contributed by atoms with van der Waals surface area (Å²) < 4.78 is 52.1. The third kappa shape index (κ3) is 5.97. The molecule has 1 aromatic carbocycles. The van der Waals surface area contributed by atoms with Gasteiger partial charge in [0.05, 0.1) is 17.4 Å². The zero-order valence-corrected chi connectivity index (χ0v) is 13.3. The van der Waals surface area contributed by atoms with Gasteiger partial charge in [-0.25, -0.2) is 17.2 Å². The van der Waals surface area contributed by atoms with E-state index in [1.165, 1.54) is 6.92 Å². The normalized spacial score (nSPS) is 12.7. The molecule has 0 spiro atoms. The lowest BCUT2D eigenvalue weighted by atomic mass is 10.2. The van der Waals surface area contributed by atoms with Gasteiger partial charge in [0.25, 0.3) is 0 Å². The Morgan fingerprint density at radius 3 is 2.59 bits per heavy atom. The predicted octanol–water partition coefficient (Wildman–Crippen LogP) is 2.26. The Bertz CT molecular complexity index is 621. The lowest BCUT2D eigenvalue weighted by Crippen LogP contribution is -2.35. The molecular weight excluding hydrogens is 314 g/mol. The predicted molar refractivity (Wildman–Crippen MR) is 80.8 cm³/mol. The molecular formula is C14H20F2N2O3S. The highest BCUT2D eigenvalue weighted by atomic mass is 32.2. The molecule has 0 saturated carbocycles. The number of anilines is 1. The Morgan fingerprint density at radius 1 is 1.32 bits per heavy atom. The van der Waals surface area contributed by atoms with E-state index < -0.39 is 33.3 Å². The van der Waals surface area contributed by atoms with Gasteiger partial charge in [0.2, 0.25) is 15.9 Å². The number of nitrogens with one attached hydrogen (secondary N) is 2. The van der Waals surface area contributed by atoms with Gasteiger partial charge in [0.15, 0.2) is 0 Å². The van der Waals surface area contributed by atoms with E-state index in [0.717, 1.165) is 25.0 Å². The zero-order valence-electron chi connectivity index (χ0n) is 12.5. The van der Waals surface area contributed by atoms with E-state index in [2.05, 4.69) is 5.32 Å². The van der Waals surface area contributed by atoms with Crippen LogP contribution >= 0.6 is 0 Å². The summed E-state index contributed by atoms with van der Waals surface area (Å²) in [6.45, 7) is 3.93. The second-order valence-corrected chi connectivity index (χ2v) is 6.82. The Kier molecular flexibility index (Phi) is 6.73. The minimum absolute atomic E-state index is 0.347. The number of amides is 1. The number of halogens is 2. The Balaban J connectivity index is 2.64. The van der Waals surface area contributed by atoms with E-state index in [1.807, 2.05) is 11.6 Å². The molecule has 1 unspecified atom stereocenters. The zero-order chi connectivity index (χ0) is 16.8. The van der Waals surface area contributed by atoms with E-state index >= 15 is 0 Å². The summed E-state index contributed by atoms with van der Waals surface area (Å²) in [6.07, 6.45) is 1.72. The Hall–Kier alpha value is -1.70. The topological polar surface area (TPSA) is 75.3 Å². The molecule has 0 aliphatic heterocycles. The van der Waals surface area contributed by atoms with Gasteiger partial charge >= 0.3 is 0 Å². The second-order valence-electron chi connectivity index (χ2n) is 5.05. The van der Waals surface area contributed by atoms with Crippen LogP contribution in [-0.4, -0.2) is 26.6 Å². The van der Waals surface area contributed by atoms with Gasteiger partial charge in [0.1, 0.15) is 11.6 Å². The number of unbranched alkanes of at least 4 members (excludes halogenated alkanes) is 1. The highest BCUT2D eigenvalue weighted by Gasteiger charge is 2.22. The molecule has 1 amide bonds. The molecule has 1 atom stereocenters. The van der Waals surface area contributed by atoms with Crippen LogP contribution in [0.5, 0.6) is 0 Å². The van der Waals surface area contributed by atoms with Gasteiger partial charge in [-0.05, 0) is 18.6 Å². The van der Waals surface area contributed by atoms with Crippen molar-refractivity contribution < 1.29 is 22.0 Å². The number of carbonyl (C=O) groups is 1. The van der Waals surface area contributed by atoms with Crippen LogP contribution in [0, 0.1) is 17.6 Å². The number of rotatable bonds is 8. The first-order chi connectivity index (χ1) is 10.2. The minimum atomic E-state index is -3.92. The quantitative estimate of drug-likeness (QED) is 0.716. The average Bonchev–Trinajstić information content (AvgIpc) is 2.41. The van der Waals surface area contributed by atoms with Crippen molar-refractivity contribution in [2.24, 2.45) is 5.92 Å². The average molecular weight is 334 g/mol. The second kappa shape index (κ2) is 8.07. The maximum absolute atomic E-state index is 13.4. The van der Waals surface area contributed by atoms with Crippen LogP contribution in [0.15, 0.2) is 18.2 Å². The van der Waals surface area contributed by atoms with Crippen molar-refractivity contribution >= 4 is 21.6 Å². The third-order valence-corrected chi connectivity index (χ3v) is 4.41. The Morgan fingerprint density at radius 2 is 2.00 bits per heavy atom. The van der Waals surface area contributed by atoms with Gasteiger partial charge in [-0.15, -0.1) is 0 Å². The fourth-order valence-corrected chi connectivity index (χ4v) is 3.14. The number of hydrogen-bond donors (Lipinski definition) is 2. The van der Waals surface area contributed by atoms with Crippen molar-refractivity contribution in [2.75, 3.05) is 17.0 Å². The first kappa shape index (κ1) is 18.3. The molecule has 124 valence electrons. The maximum Gasteiger partial charge on any atom is 0.233 e. The van der Waals surface area contributed by atoms with Crippen LogP contribution in [0.1, 0.15) is 26.7 Å². The van der Waals surface area contributed by atoms with Crippen LogP contribution in [-0.2, 0) is 14.8 Å². The summed E-state index contributed by atoms with van der Waals surface area (Å²) >= 11 is 0. The van der Waals surface area contributed by atoms with Gasteiger partial charge in [-0.1, -0.05) is 20.3 Å². The third-order valence-electron chi connectivity index (χ3n) is 2.94. The van der Waals surface area contributed by atoms with Crippen molar-refractivity contribution in [3.05, 3.63) is 29.8 Å². The van der Waals surface area contributed by atoms with Gasteiger partial charge < -0.3 is 5.32 Å². The molecule has 8 heteroatoms. The van der Waals surface area contributed by atoms with Gasteiger partial charge in [0, 0.05) is 12.6 Å². The molecule has 0 bridgehead atoms. The summed E-state index contributed by atoms with van der Waals surface area (Å²) in [4.78, 5) is 11.7. The number of sulfonamides is 1. The fraction of sp³-hybridized carbons (Fsp3) is 0.500. The summed E-state index contributed by atoms with van der Waals surface area (Å²) in [5.41, 5.74) is -0.347. The lowest BCUT2D eigenvalue weighted by Gasteiger charge is -2.14. The molecule has 0 aliphatic rings. The SMILES string of the molecule is CCCCNC(=O)C(C)CS(=O)(=O)Nc1ccc(F)cc1F. The van der Waals surface area contributed by atoms with E-state index in [-0.39, 0.29) is 11.6 Å². The molecule has 0 aromatic heterocycles. The molecule has 2 N–H and O–H groups in total. The summed E-state index contributed by atoms with van der Waals surface area (Å²) in [5.74, 6) is -3.45. The molecule has 1 rings (SSSR count). The molecule has 0 fully saturated rings. The van der Waals surface area contributed by atoms with E-state index in [9.17, 15) is 22.0 Å². The molecule has 22 heavy (non-hydrogen) atoms. The molecule has 0 radical (unpaired) electrons. The summed E-state index contributed by atoms with van der Waals surface area (Å²) in [6, 6.07) is 2.52. The van der Waals surface area contributed by atoms with Crippen molar-refractivity contribution in [3.8, 4) is 0 Å². The van der Waals surface area contributed by atoms with Crippen molar-refractivity contribution in [3.63, 3.8) is 0 Å². The van der Waals surface area contributed by atoms with Crippen molar-refractivity contribution in [1.82, 2.24) is 5.32 Å². The first-order valence-electron chi connectivity index (χ1n) is 6.98. The van der Waals surface area contributed by atoms with Crippen molar-refractivity contribution in [1.29, 1.82) is 0 Å². The molecule has 5 nitrogen and oxygen atoms in total. The largest absolute Gasteiger partial charge is 0.356 e. The van der Waals surface area contributed by atoms with Crippen molar-refractivity contribution in [2.45, 2.75) is 26.7 Å². The highest BCUT2D eigenvalue weighted by molar-refractivity contribution is 7.92. The van der Waals surface area contributed by atoms with E-state index in [0.29, 0.717) is 12.6 Å². The van der Waals surface area contributed by atoms with Gasteiger partial charge in [-0.2, -0.15) is 0 Å². The summed E-state index contributed by atoms with van der Waals surface area (Å²) in [7, 11) is -3.92. The number of hydrogen-bond acceptors (Lipinski definition) is 3. The number of benzene rings is 1. The van der Waals surface area contributed by atoms with Crippen LogP contribution in [0.4, 0.5) is 14.5 Å². The Labute approximate surface area is 129 Å². The molecule has 0 aliphatic carbocycles. The van der Waals surface area contributed by atoms with Crippen LogP contribution in [0.3, 0.4) is 0 Å².